The van der Waals surface area contributed by atoms with Crippen molar-refractivity contribution >= 4 is 23.5 Å². The molecule has 0 saturated carbocycles. The van der Waals surface area contributed by atoms with Crippen LogP contribution >= 0.6 is 11.6 Å². The zero-order valence-corrected chi connectivity index (χ0v) is 16.5. The SMILES string of the molecule is C[C@@H](OC(=O)c1ccccc1OCc1ccc(Cl)cc1)C(=O)NCc1ccco1. The van der Waals surface area contributed by atoms with Crippen LogP contribution in [0.5, 0.6) is 5.75 Å². The van der Waals surface area contributed by atoms with Crippen LogP contribution < -0.4 is 10.1 Å². The lowest BCUT2D eigenvalue weighted by Gasteiger charge is -2.15. The van der Waals surface area contributed by atoms with Gasteiger partial charge in [-0.3, -0.25) is 4.79 Å². The monoisotopic (exact) mass is 413 g/mol. The molecule has 3 rings (SSSR count). The Bertz CT molecular complexity index is 954. The van der Waals surface area contributed by atoms with Gasteiger partial charge in [-0.1, -0.05) is 35.9 Å². The molecule has 0 fully saturated rings. The molecule has 0 aliphatic carbocycles. The average molecular weight is 414 g/mol. The van der Waals surface area contributed by atoms with Gasteiger partial charge in [0.05, 0.1) is 12.8 Å². The van der Waals surface area contributed by atoms with E-state index in [1.54, 1.807) is 48.5 Å². The number of nitrogens with one attached hydrogen (secondary N) is 1. The van der Waals surface area contributed by atoms with Crippen LogP contribution in [0.4, 0.5) is 0 Å². The first-order valence-corrected chi connectivity index (χ1v) is 9.38. The van der Waals surface area contributed by atoms with Crippen LogP contribution in [-0.4, -0.2) is 18.0 Å². The zero-order valence-electron chi connectivity index (χ0n) is 15.8. The van der Waals surface area contributed by atoms with E-state index >= 15 is 0 Å². The third kappa shape index (κ3) is 5.86. The van der Waals surface area contributed by atoms with Crippen molar-refractivity contribution in [3.63, 3.8) is 0 Å². The smallest absolute Gasteiger partial charge is 0.342 e. The van der Waals surface area contributed by atoms with Crippen LogP contribution in [-0.2, 0) is 22.7 Å². The highest BCUT2D eigenvalue weighted by atomic mass is 35.5. The predicted molar refractivity (Wildman–Crippen MR) is 108 cm³/mol. The van der Waals surface area contributed by atoms with Crippen molar-refractivity contribution in [2.75, 3.05) is 0 Å². The molecule has 2 aromatic carbocycles. The van der Waals surface area contributed by atoms with Crippen molar-refractivity contribution < 1.29 is 23.5 Å². The molecule has 1 N–H and O–H groups in total. The molecular formula is C22H20ClNO5. The van der Waals surface area contributed by atoms with E-state index in [4.69, 9.17) is 25.5 Å². The first kappa shape index (κ1) is 20.5. The maximum atomic E-state index is 12.6. The molecule has 0 unspecified atom stereocenters. The lowest BCUT2D eigenvalue weighted by Crippen LogP contribution is -2.35. The quantitative estimate of drug-likeness (QED) is 0.555. The van der Waals surface area contributed by atoms with Crippen molar-refractivity contribution in [3.8, 4) is 5.75 Å². The van der Waals surface area contributed by atoms with E-state index < -0.39 is 18.0 Å². The van der Waals surface area contributed by atoms with Crippen LogP contribution in [0.15, 0.2) is 71.3 Å². The largest absolute Gasteiger partial charge is 0.488 e. The molecule has 0 bridgehead atoms. The van der Waals surface area contributed by atoms with Crippen molar-refractivity contribution in [2.24, 2.45) is 0 Å². The van der Waals surface area contributed by atoms with E-state index in [-0.39, 0.29) is 18.7 Å². The number of furan rings is 1. The molecule has 1 heterocycles. The van der Waals surface area contributed by atoms with Gasteiger partial charge in [0.15, 0.2) is 6.10 Å². The van der Waals surface area contributed by atoms with Crippen LogP contribution in [0, 0.1) is 0 Å². The molecule has 7 heteroatoms. The number of hydrogen-bond donors (Lipinski definition) is 1. The Balaban J connectivity index is 1.58. The van der Waals surface area contributed by atoms with Crippen molar-refractivity contribution in [1.29, 1.82) is 0 Å². The molecule has 1 atom stereocenters. The number of halogens is 1. The third-order valence-corrected chi connectivity index (χ3v) is 4.34. The normalized spacial score (nSPS) is 11.5. The Morgan fingerprint density at radius 1 is 1.07 bits per heavy atom. The standard InChI is InChI=1S/C22H20ClNO5/c1-15(21(25)24-13-18-5-4-12-27-18)29-22(26)19-6-2-3-7-20(19)28-14-16-8-10-17(23)11-9-16/h2-12,15H,13-14H2,1H3,(H,24,25)/t15-/m1/s1. The fourth-order valence-corrected chi connectivity index (χ4v) is 2.64. The summed E-state index contributed by atoms with van der Waals surface area (Å²) in [6.07, 6.45) is 0.549. The van der Waals surface area contributed by atoms with Crippen LogP contribution in [0.3, 0.4) is 0 Å². The topological polar surface area (TPSA) is 77.8 Å². The first-order valence-electron chi connectivity index (χ1n) is 9.00. The zero-order chi connectivity index (χ0) is 20.6. The fourth-order valence-electron chi connectivity index (χ4n) is 2.51. The summed E-state index contributed by atoms with van der Waals surface area (Å²) in [6, 6.07) is 17.4. The van der Waals surface area contributed by atoms with Gasteiger partial charge in [-0.25, -0.2) is 4.79 Å². The van der Waals surface area contributed by atoms with Gasteiger partial charge in [0.25, 0.3) is 5.91 Å². The summed E-state index contributed by atoms with van der Waals surface area (Å²) in [6.45, 7) is 1.99. The molecule has 0 radical (unpaired) electrons. The van der Waals surface area contributed by atoms with Gasteiger partial charge in [0.2, 0.25) is 0 Å². The Hall–Kier alpha value is -3.25. The Labute approximate surface area is 173 Å². The highest BCUT2D eigenvalue weighted by Crippen LogP contribution is 2.21. The Morgan fingerprint density at radius 2 is 1.83 bits per heavy atom. The molecule has 29 heavy (non-hydrogen) atoms. The van der Waals surface area contributed by atoms with Crippen LogP contribution in [0.1, 0.15) is 28.6 Å². The number of carbonyl (C=O) groups excluding carboxylic acids is 2. The van der Waals surface area contributed by atoms with E-state index in [2.05, 4.69) is 5.32 Å². The molecule has 0 aliphatic heterocycles. The lowest BCUT2D eigenvalue weighted by molar-refractivity contribution is -0.129. The summed E-state index contributed by atoms with van der Waals surface area (Å²) in [5.74, 6) is -0.0832. The van der Waals surface area contributed by atoms with Crippen molar-refractivity contribution in [2.45, 2.75) is 26.2 Å². The van der Waals surface area contributed by atoms with E-state index in [1.807, 2.05) is 12.1 Å². The minimum atomic E-state index is -0.971. The summed E-state index contributed by atoms with van der Waals surface area (Å²) in [5.41, 5.74) is 1.15. The second-order valence-corrected chi connectivity index (χ2v) is 6.69. The summed E-state index contributed by atoms with van der Waals surface area (Å²) in [7, 11) is 0. The third-order valence-electron chi connectivity index (χ3n) is 4.08. The lowest BCUT2D eigenvalue weighted by atomic mass is 10.2. The Morgan fingerprint density at radius 3 is 2.55 bits per heavy atom. The number of carbonyl (C=O) groups is 2. The summed E-state index contributed by atoms with van der Waals surface area (Å²) < 4.78 is 16.2. The van der Waals surface area contributed by atoms with Gasteiger partial charge < -0.3 is 19.2 Å². The maximum Gasteiger partial charge on any atom is 0.342 e. The van der Waals surface area contributed by atoms with Gasteiger partial charge in [-0.2, -0.15) is 0 Å². The maximum absolute atomic E-state index is 12.6. The molecular weight excluding hydrogens is 394 g/mol. The number of amides is 1. The predicted octanol–water partition coefficient (Wildman–Crippen LogP) is 4.37. The van der Waals surface area contributed by atoms with Crippen molar-refractivity contribution in [3.05, 3.63) is 88.8 Å². The molecule has 0 saturated heterocycles. The van der Waals surface area contributed by atoms with Gasteiger partial charge in [0.1, 0.15) is 23.7 Å². The summed E-state index contributed by atoms with van der Waals surface area (Å²) >= 11 is 5.88. The summed E-state index contributed by atoms with van der Waals surface area (Å²) in [4.78, 5) is 24.7. The number of hydrogen-bond acceptors (Lipinski definition) is 5. The Kier molecular flexibility index (Phi) is 6.92. The van der Waals surface area contributed by atoms with Crippen molar-refractivity contribution in [1.82, 2.24) is 5.32 Å². The average Bonchev–Trinajstić information content (AvgIpc) is 3.25. The van der Waals surface area contributed by atoms with Gasteiger partial charge >= 0.3 is 5.97 Å². The highest BCUT2D eigenvalue weighted by Gasteiger charge is 2.21. The summed E-state index contributed by atoms with van der Waals surface area (Å²) in [5, 5.41) is 3.29. The molecule has 1 aromatic heterocycles. The van der Waals surface area contributed by atoms with Gasteiger partial charge in [0, 0.05) is 5.02 Å². The van der Waals surface area contributed by atoms with E-state index in [9.17, 15) is 9.59 Å². The van der Waals surface area contributed by atoms with Gasteiger partial charge in [-0.15, -0.1) is 0 Å². The van der Waals surface area contributed by atoms with E-state index in [1.165, 1.54) is 13.2 Å². The van der Waals surface area contributed by atoms with Gasteiger partial charge in [-0.05, 0) is 48.9 Å². The molecule has 0 aliphatic rings. The highest BCUT2D eigenvalue weighted by molar-refractivity contribution is 6.30. The molecule has 0 spiro atoms. The first-order chi connectivity index (χ1) is 14.0. The minimum absolute atomic E-state index is 0.217. The number of rotatable bonds is 8. The number of para-hydroxylation sites is 1. The van der Waals surface area contributed by atoms with E-state index in [0.29, 0.717) is 16.5 Å². The number of esters is 1. The molecule has 6 nitrogen and oxygen atoms in total. The number of ether oxygens (including phenoxy) is 2. The minimum Gasteiger partial charge on any atom is -0.488 e. The second kappa shape index (κ2) is 9.80. The van der Waals surface area contributed by atoms with E-state index in [0.717, 1.165) is 5.56 Å². The molecule has 150 valence electrons. The fraction of sp³-hybridized carbons (Fsp3) is 0.182. The second-order valence-electron chi connectivity index (χ2n) is 6.26. The molecule has 1 amide bonds. The number of benzene rings is 2. The van der Waals surface area contributed by atoms with Crippen LogP contribution in [0.25, 0.3) is 0 Å². The molecule has 3 aromatic rings. The van der Waals surface area contributed by atoms with Crippen LogP contribution in [0.2, 0.25) is 5.02 Å².